The molecule has 1 aliphatic heterocycles. The van der Waals surface area contributed by atoms with E-state index in [-0.39, 0.29) is 0 Å². The molecule has 20 heavy (non-hydrogen) atoms. The lowest BCUT2D eigenvalue weighted by Crippen LogP contribution is -2.33. The molecule has 0 saturated carbocycles. The van der Waals surface area contributed by atoms with E-state index in [4.69, 9.17) is 0 Å². The van der Waals surface area contributed by atoms with Gasteiger partial charge in [0.05, 0.1) is 0 Å². The van der Waals surface area contributed by atoms with Crippen LogP contribution in [0.25, 0.3) is 0 Å². The van der Waals surface area contributed by atoms with Crippen LogP contribution in [0, 0.1) is 6.92 Å². The Bertz CT molecular complexity index is 550. The van der Waals surface area contributed by atoms with Crippen molar-refractivity contribution in [1.29, 1.82) is 0 Å². The van der Waals surface area contributed by atoms with E-state index in [0.29, 0.717) is 6.04 Å². The van der Waals surface area contributed by atoms with Gasteiger partial charge in [0.1, 0.15) is 0 Å². The fraction of sp³-hybridized carbons (Fsp3) is 0.389. The van der Waals surface area contributed by atoms with Crippen LogP contribution in [-0.4, -0.2) is 16.4 Å². The van der Waals surface area contributed by atoms with Gasteiger partial charge in [-0.15, -0.1) is 0 Å². The molecule has 0 amide bonds. The zero-order chi connectivity index (χ0) is 13.8. The van der Waals surface area contributed by atoms with Crippen LogP contribution in [0.1, 0.15) is 42.1 Å². The summed E-state index contributed by atoms with van der Waals surface area (Å²) >= 11 is 0. The van der Waals surface area contributed by atoms with Crippen LogP contribution in [0.15, 0.2) is 48.7 Å². The van der Waals surface area contributed by atoms with Crippen LogP contribution in [-0.2, 0) is 6.54 Å². The molecule has 2 aromatic rings. The molecule has 0 radical (unpaired) electrons. The minimum atomic E-state index is 0.526. The smallest absolute Gasteiger partial charge is 0.0420 e. The van der Waals surface area contributed by atoms with Crippen molar-refractivity contribution in [1.82, 2.24) is 9.88 Å². The Morgan fingerprint density at radius 1 is 1.10 bits per heavy atom. The van der Waals surface area contributed by atoms with Crippen molar-refractivity contribution in [2.24, 2.45) is 0 Å². The Morgan fingerprint density at radius 3 is 2.75 bits per heavy atom. The second-order valence-electron chi connectivity index (χ2n) is 5.65. The van der Waals surface area contributed by atoms with Crippen LogP contribution in [0.5, 0.6) is 0 Å². The summed E-state index contributed by atoms with van der Waals surface area (Å²) in [4.78, 5) is 7.08. The van der Waals surface area contributed by atoms with E-state index in [1.807, 2.05) is 6.20 Å². The number of rotatable bonds is 3. The van der Waals surface area contributed by atoms with Gasteiger partial charge in [-0.2, -0.15) is 0 Å². The van der Waals surface area contributed by atoms with Crippen LogP contribution < -0.4 is 0 Å². The van der Waals surface area contributed by atoms with E-state index < -0.39 is 0 Å². The topological polar surface area (TPSA) is 16.1 Å². The summed E-state index contributed by atoms with van der Waals surface area (Å²) in [5, 5.41) is 0. The van der Waals surface area contributed by atoms with Crippen LogP contribution in [0.2, 0.25) is 0 Å². The van der Waals surface area contributed by atoms with Crippen molar-refractivity contribution in [3.8, 4) is 0 Å². The maximum absolute atomic E-state index is 4.47. The summed E-state index contributed by atoms with van der Waals surface area (Å²) in [5.41, 5.74) is 3.99. The zero-order valence-electron chi connectivity index (χ0n) is 12.1. The number of benzene rings is 1. The lowest BCUT2D eigenvalue weighted by molar-refractivity contribution is 0.139. The van der Waals surface area contributed by atoms with Gasteiger partial charge in [0.15, 0.2) is 0 Å². The van der Waals surface area contributed by atoms with Gasteiger partial charge in [0.2, 0.25) is 0 Å². The molecule has 1 aromatic heterocycles. The van der Waals surface area contributed by atoms with Gasteiger partial charge < -0.3 is 0 Å². The molecule has 1 aliphatic rings. The summed E-state index contributed by atoms with van der Waals surface area (Å²) < 4.78 is 0. The van der Waals surface area contributed by atoms with E-state index in [2.05, 4.69) is 59.3 Å². The quantitative estimate of drug-likeness (QED) is 0.831. The van der Waals surface area contributed by atoms with Gasteiger partial charge >= 0.3 is 0 Å². The fourth-order valence-corrected chi connectivity index (χ4v) is 3.20. The highest BCUT2D eigenvalue weighted by molar-refractivity contribution is 5.24. The molecule has 0 bridgehead atoms. The summed E-state index contributed by atoms with van der Waals surface area (Å²) in [7, 11) is 0. The molecule has 3 rings (SSSR count). The first-order valence-corrected chi connectivity index (χ1v) is 7.54. The molecule has 1 fully saturated rings. The van der Waals surface area contributed by atoms with Crippen molar-refractivity contribution in [2.75, 3.05) is 6.54 Å². The molecule has 1 unspecified atom stereocenters. The third-order valence-corrected chi connectivity index (χ3v) is 4.25. The van der Waals surface area contributed by atoms with Crippen molar-refractivity contribution >= 4 is 0 Å². The number of pyridine rings is 1. The number of piperidine rings is 1. The first kappa shape index (κ1) is 13.3. The second-order valence-corrected chi connectivity index (χ2v) is 5.65. The Kier molecular flexibility index (Phi) is 4.12. The molecule has 1 aromatic carbocycles. The highest BCUT2D eigenvalue weighted by Crippen LogP contribution is 2.33. The van der Waals surface area contributed by atoms with Gasteiger partial charge in [0.25, 0.3) is 0 Å². The van der Waals surface area contributed by atoms with E-state index in [9.17, 15) is 0 Å². The van der Waals surface area contributed by atoms with Crippen molar-refractivity contribution in [2.45, 2.75) is 38.8 Å². The molecule has 2 heterocycles. The molecule has 2 nitrogen and oxygen atoms in total. The summed E-state index contributed by atoms with van der Waals surface area (Å²) in [6.45, 7) is 4.36. The summed E-state index contributed by atoms with van der Waals surface area (Å²) in [6, 6.07) is 15.6. The van der Waals surface area contributed by atoms with Gasteiger partial charge in [-0.1, -0.05) is 42.8 Å². The first-order chi connectivity index (χ1) is 9.84. The second kappa shape index (κ2) is 6.19. The highest BCUT2D eigenvalue weighted by atomic mass is 15.2. The molecule has 0 aliphatic carbocycles. The predicted molar refractivity (Wildman–Crippen MR) is 82.4 cm³/mol. The Labute approximate surface area is 121 Å². The molecule has 0 N–H and O–H groups in total. The maximum Gasteiger partial charge on any atom is 0.0420 e. The molecule has 1 atom stereocenters. The van der Waals surface area contributed by atoms with Gasteiger partial charge in [-0.3, -0.25) is 9.88 Å². The summed E-state index contributed by atoms with van der Waals surface area (Å²) in [6.07, 6.45) is 5.77. The fourth-order valence-electron chi connectivity index (χ4n) is 3.20. The average molecular weight is 266 g/mol. The minimum absolute atomic E-state index is 0.526. The number of nitrogens with zero attached hydrogens (tertiary/aromatic N) is 2. The van der Waals surface area contributed by atoms with E-state index in [0.717, 1.165) is 6.54 Å². The molecular formula is C18H22N2. The van der Waals surface area contributed by atoms with Gasteiger partial charge in [-0.05, 0) is 43.5 Å². The van der Waals surface area contributed by atoms with Crippen molar-refractivity contribution in [3.63, 3.8) is 0 Å². The largest absolute Gasteiger partial charge is 0.292 e. The first-order valence-electron chi connectivity index (χ1n) is 7.54. The monoisotopic (exact) mass is 266 g/mol. The third-order valence-electron chi connectivity index (χ3n) is 4.25. The van der Waals surface area contributed by atoms with Gasteiger partial charge in [0, 0.05) is 24.5 Å². The minimum Gasteiger partial charge on any atom is -0.292 e. The number of likely N-dealkylation sites (tertiary alicyclic amines) is 1. The normalized spacial score (nSPS) is 19.9. The van der Waals surface area contributed by atoms with Crippen molar-refractivity contribution < 1.29 is 0 Å². The number of aromatic nitrogens is 1. The third kappa shape index (κ3) is 2.91. The lowest BCUT2D eigenvalue weighted by Gasteiger charge is -2.36. The number of aryl methyl sites for hydroxylation is 1. The van der Waals surface area contributed by atoms with E-state index in [1.54, 1.807) is 0 Å². The molecule has 1 saturated heterocycles. The van der Waals surface area contributed by atoms with Gasteiger partial charge in [-0.25, -0.2) is 0 Å². The zero-order valence-corrected chi connectivity index (χ0v) is 12.1. The molecule has 0 spiro atoms. The average Bonchev–Trinajstić information content (AvgIpc) is 2.50. The Hall–Kier alpha value is -1.67. The SMILES string of the molecule is Cc1ncccc1C1CCCCN1Cc1ccccc1. The molecule has 2 heteroatoms. The standard InChI is InChI=1S/C18H22N2/c1-15-17(10-7-12-19-15)18-11-5-6-13-20(18)14-16-8-3-2-4-9-16/h2-4,7-10,12,18H,5-6,11,13-14H2,1H3. The van der Waals surface area contributed by atoms with Crippen LogP contribution in [0.4, 0.5) is 0 Å². The Morgan fingerprint density at radius 2 is 1.95 bits per heavy atom. The maximum atomic E-state index is 4.47. The number of hydrogen-bond donors (Lipinski definition) is 0. The number of hydrogen-bond acceptors (Lipinski definition) is 2. The van der Waals surface area contributed by atoms with E-state index in [1.165, 1.54) is 42.6 Å². The van der Waals surface area contributed by atoms with E-state index >= 15 is 0 Å². The summed E-state index contributed by atoms with van der Waals surface area (Å²) in [5.74, 6) is 0. The van der Waals surface area contributed by atoms with Crippen molar-refractivity contribution in [3.05, 3.63) is 65.5 Å². The predicted octanol–water partition coefficient (Wildman–Crippen LogP) is 4.12. The Balaban J connectivity index is 1.83. The van der Waals surface area contributed by atoms with Crippen LogP contribution in [0.3, 0.4) is 0 Å². The highest BCUT2D eigenvalue weighted by Gasteiger charge is 2.25. The molecular weight excluding hydrogens is 244 g/mol. The lowest BCUT2D eigenvalue weighted by atomic mass is 9.94. The molecule has 104 valence electrons. The van der Waals surface area contributed by atoms with Crippen LogP contribution >= 0.6 is 0 Å².